The van der Waals surface area contributed by atoms with Gasteiger partial charge in [0.05, 0.1) is 46.2 Å². The van der Waals surface area contributed by atoms with Gasteiger partial charge in [-0.15, -0.1) is 0 Å². The van der Waals surface area contributed by atoms with Crippen LogP contribution >= 0.6 is 12.6 Å². The van der Waals surface area contributed by atoms with Crippen LogP contribution in [0.15, 0.2) is 0 Å². The Hall–Kier alpha value is 0.190. The van der Waals surface area contributed by atoms with E-state index < -0.39 is 0 Å². The summed E-state index contributed by atoms with van der Waals surface area (Å²) in [6.45, 7) is 4.61. The summed E-state index contributed by atoms with van der Waals surface area (Å²) < 4.78 is 21.4. The van der Waals surface area contributed by atoms with Crippen LogP contribution in [-0.4, -0.2) is 59.1 Å². The van der Waals surface area contributed by atoms with E-state index in [-0.39, 0.29) is 0 Å². The van der Waals surface area contributed by atoms with Gasteiger partial charge in [0.15, 0.2) is 0 Å². The molecule has 1 aliphatic carbocycles. The lowest BCUT2D eigenvalue weighted by Crippen LogP contribution is -2.32. The second kappa shape index (κ2) is 11.8. The Morgan fingerprint density at radius 2 is 1.35 bits per heavy atom. The third-order valence-corrected chi connectivity index (χ3v) is 4.50. The van der Waals surface area contributed by atoms with Crippen molar-refractivity contribution >= 4 is 12.6 Å². The predicted molar refractivity (Wildman–Crippen MR) is 83.7 cm³/mol. The monoisotopic (exact) mass is 306 g/mol. The first kappa shape index (κ1) is 18.2. The zero-order chi connectivity index (χ0) is 14.5. The van der Waals surface area contributed by atoms with Crippen molar-refractivity contribution < 1.29 is 18.9 Å². The summed E-state index contributed by atoms with van der Waals surface area (Å²) in [5, 5.41) is 0. The molecule has 0 radical (unpaired) electrons. The minimum atomic E-state index is 0.310. The summed E-state index contributed by atoms with van der Waals surface area (Å²) in [6, 6.07) is 0. The molecule has 0 atom stereocenters. The summed E-state index contributed by atoms with van der Waals surface area (Å²) in [6.07, 6.45) is 6.51. The Morgan fingerprint density at radius 3 is 1.90 bits per heavy atom. The average molecular weight is 306 g/mol. The zero-order valence-electron chi connectivity index (χ0n) is 12.8. The van der Waals surface area contributed by atoms with E-state index in [1.807, 2.05) is 0 Å². The number of hydrogen-bond donors (Lipinski definition) is 1. The van der Waals surface area contributed by atoms with E-state index in [0.29, 0.717) is 45.1 Å². The second-order valence-electron chi connectivity index (χ2n) is 5.49. The van der Waals surface area contributed by atoms with Crippen LogP contribution in [0.3, 0.4) is 0 Å². The first-order valence-corrected chi connectivity index (χ1v) is 8.29. The molecular weight excluding hydrogens is 276 g/mol. The molecule has 120 valence electrons. The molecular formula is C15H30O4S. The Labute approximate surface area is 128 Å². The highest BCUT2D eigenvalue weighted by Crippen LogP contribution is 2.37. The van der Waals surface area contributed by atoms with Gasteiger partial charge in [-0.25, -0.2) is 0 Å². The molecule has 0 heterocycles. The fourth-order valence-corrected chi connectivity index (χ4v) is 2.93. The third-order valence-electron chi connectivity index (χ3n) is 3.83. The van der Waals surface area contributed by atoms with Crippen molar-refractivity contribution in [2.24, 2.45) is 5.41 Å². The van der Waals surface area contributed by atoms with Crippen LogP contribution in [0.5, 0.6) is 0 Å². The molecule has 1 rings (SSSR count). The van der Waals surface area contributed by atoms with E-state index in [9.17, 15) is 0 Å². The lowest BCUT2D eigenvalue weighted by atomic mass is 9.76. The van der Waals surface area contributed by atoms with Gasteiger partial charge in [-0.3, -0.25) is 0 Å². The van der Waals surface area contributed by atoms with Gasteiger partial charge in [0, 0.05) is 12.5 Å². The van der Waals surface area contributed by atoms with Crippen LogP contribution in [0.4, 0.5) is 0 Å². The maximum Gasteiger partial charge on any atom is 0.0701 e. The molecule has 0 bridgehead atoms. The summed E-state index contributed by atoms with van der Waals surface area (Å²) in [5.41, 5.74) is 0.310. The molecule has 0 N–H and O–H groups in total. The fourth-order valence-electron chi connectivity index (χ4n) is 2.52. The molecule has 0 unspecified atom stereocenters. The molecule has 0 aliphatic heterocycles. The highest BCUT2D eigenvalue weighted by molar-refractivity contribution is 7.80. The van der Waals surface area contributed by atoms with Gasteiger partial charge >= 0.3 is 0 Å². The number of methoxy groups -OCH3 is 1. The van der Waals surface area contributed by atoms with Crippen molar-refractivity contribution in [3.05, 3.63) is 0 Å². The van der Waals surface area contributed by atoms with Crippen molar-refractivity contribution in [1.29, 1.82) is 0 Å². The van der Waals surface area contributed by atoms with Gasteiger partial charge in [0.2, 0.25) is 0 Å². The van der Waals surface area contributed by atoms with E-state index in [1.165, 1.54) is 32.1 Å². The van der Waals surface area contributed by atoms with Crippen molar-refractivity contribution in [3.8, 4) is 0 Å². The van der Waals surface area contributed by atoms with E-state index in [2.05, 4.69) is 12.6 Å². The summed E-state index contributed by atoms with van der Waals surface area (Å²) in [4.78, 5) is 0. The van der Waals surface area contributed by atoms with Gasteiger partial charge in [0.1, 0.15) is 0 Å². The van der Waals surface area contributed by atoms with Crippen molar-refractivity contribution in [1.82, 2.24) is 0 Å². The zero-order valence-corrected chi connectivity index (χ0v) is 13.7. The Kier molecular flexibility index (Phi) is 10.8. The molecule has 1 saturated carbocycles. The number of thiol groups is 1. The van der Waals surface area contributed by atoms with Crippen LogP contribution < -0.4 is 0 Å². The maximum absolute atomic E-state index is 5.78. The number of hydrogen-bond acceptors (Lipinski definition) is 5. The van der Waals surface area contributed by atoms with Crippen LogP contribution in [0.25, 0.3) is 0 Å². The van der Waals surface area contributed by atoms with Crippen molar-refractivity contribution in [3.63, 3.8) is 0 Å². The average Bonchev–Trinajstić information content (AvgIpc) is 2.50. The Bertz CT molecular complexity index is 220. The molecule has 5 heteroatoms. The first-order chi connectivity index (χ1) is 9.83. The Morgan fingerprint density at radius 1 is 0.800 bits per heavy atom. The number of ether oxygens (including phenoxy) is 4. The quantitative estimate of drug-likeness (QED) is 0.444. The lowest BCUT2D eigenvalue weighted by molar-refractivity contribution is -0.0174. The third kappa shape index (κ3) is 7.84. The summed E-state index contributed by atoms with van der Waals surface area (Å²) in [5.74, 6) is 0.932. The van der Waals surface area contributed by atoms with E-state index in [1.54, 1.807) is 7.11 Å². The van der Waals surface area contributed by atoms with Crippen molar-refractivity contribution in [2.75, 3.05) is 59.1 Å². The maximum atomic E-state index is 5.78. The van der Waals surface area contributed by atoms with Gasteiger partial charge < -0.3 is 18.9 Å². The van der Waals surface area contributed by atoms with E-state index >= 15 is 0 Å². The minimum Gasteiger partial charge on any atom is -0.382 e. The molecule has 0 aromatic heterocycles. The molecule has 0 spiro atoms. The molecule has 0 amide bonds. The molecule has 20 heavy (non-hydrogen) atoms. The summed E-state index contributed by atoms with van der Waals surface area (Å²) in [7, 11) is 1.67. The lowest BCUT2D eigenvalue weighted by Gasteiger charge is -2.35. The van der Waals surface area contributed by atoms with Crippen LogP contribution in [0, 0.1) is 5.41 Å². The molecule has 1 aliphatic rings. The van der Waals surface area contributed by atoms with Crippen LogP contribution in [-0.2, 0) is 18.9 Å². The van der Waals surface area contributed by atoms with Crippen molar-refractivity contribution in [2.45, 2.75) is 32.1 Å². The first-order valence-electron chi connectivity index (χ1n) is 7.66. The summed E-state index contributed by atoms with van der Waals surface area (Å²) >= 11 is 4.51. The van der Waals surface area contributed by atoms with Crippen LogP contribution in [0.2, 0.25) is 0 Å². The fraction of sp³-hybridized carbons (Fsp3) is 1.00. The topological polar surface area (TPSA) is 36.9 Å². The molecule has 0 aromatic rings. The molecule has 0 saturated heterocycles. The smallest absolute Gasteiger partial charge is 0.0701 e. The largest absolute Gasteiger partial charge is 0.382 e. The molecule has 1 fully saturated rings. The van der Waals surface area contributed by atoms with E-state index in [4.69, 9.17) is 18.9 Å². The number of rotatable bonds is 12. The van der Waals surface area contributed by atoms with Gasteiger partial charge in [-0.2, -0.15) is 12.6 Å². The molecule has 4 nitrogen and oxygen atoms in total. The predicted octanol–water partition coefficient (Wildman–Crippen LogP) is 2.56. The normalized spacial score (nSPS) is 18.3. The Balaban J connectivity index is 1.91. The highest BCUT2D eigenvalue weighted by atomic mass is 32.1. The van der Waals surface area contributed by atoms with Gasteiger partial charge in [0.25, 0.3) is 0 Å². The van der Waals surface area contributed by atoms with Gasteiger partial charge in [-0.1, -0.05) is 19.3 Å². The highest BCUT2D eigenvalue weighted by Gasteiger charge is 2.30. The van der Waals surface area contributed by atoms with Gasteiger partial charge in [-0.05, 0) is 18.6 Å². The SMILES string of the molecule is COCCOCCOCCOCC1(CS)CCCCC1. The standard InChI is InChI=1S/C15H30O4S/c1-16-7-8-17-9-10-18-11-12-19-13-15(14-20)5-3-2-4-6-15/h20H,2-14H2,1H3. The minimum absolute atomic E-state index is 0.310. The molecule has 0 aromatic carbocycles. The van der Waals surface area contributed by atoms with E-state index in [0.717, 1.165) is 12.4 Å². The second-order valence-corrected chi connectivity index (χ2v) is 5.81. The van der Waals surface area contributed by atoms with Crippen LogP contribution in [0.1, 0.15) is 32.1 Å².